The van der Waals surface area contributed by atoms with Gasteiger partial charge in [0, 0.05) is 22.3 Å². The van der Waals surface area contributed by atoms with E-state index in [2.05, 4.69) is 10.6 Å². The number of carbonyl (C=O) groups excluding carboxylic acids is 2. The van der Waals surface area contributed by atoms with Gasteiger partial charge in [-0.1, -0.05) is 12.1 Å². The van der Waals surface area contributed by atoms with Gasteiger partial charge in [-0.25, -0.2) is 0 Å². The second-order valence-electron chi connectivity index (χ2n) is 6.59. The van der Waals surface area contributed by atoms with Crippen molar-refractivity contribution in [1.29, 1.82) is 0 Å². The van der Waals surface area contributed by atoms with E-state index in [1.54, 1.807) is 68.8 Å². The highest BCUT2D eigenvalue weighted by Gasteiger charge is 2.14. The minimum absolute atomic E-state index is 0.140. The van der Waals surface area contributed by atoms with Gasteiger partial charge < -0.3 is 24.8 Å². The third kappa shape index (κ3) is 5.95. The zero-order valence-electron chi connectivity index (χ0n) is 18.0. The van der Waals surface area contributed by atoms with Crippen LogP contribution in [0.15, 0.2) is 71.6 Å². The predicted octanol–water partition coefficient (Wildman–Crippen LogP) is 4.70. The number of amides is 2. The number of methoxy groups -OCH3 is 3. The molecule has 0 heterocycles. The number of benzene rings is 3. The summed E-state index contributed by atoms with van der Waals surface area (Å²) in [5.74, 6) is 1.50. The Morgan fingerprint density at radius 1 is 0.781 bits per heavy atom. The van der Waals surface area contributed by atoms with Crippen LogP contribution >= 0.6 is 11.8 Å². The van der Waals surface area contributed by atoms with Gasteiger partial charge >= 0.3 is 0 Å². The monoisotopic (exact) mass is 452 g/mol. The third-order valence-corrected chi connectivity index (χ3v) is 5.58. The Labute approximate surface area is 191 Å². The summed E-state index contributed by atoms with van der Waals surface area (Å²) in [7, 11) is 4.67. The summed E-state index contributed by atoms with van der Waals surface area (Å²) >= 11 is 1.29. The number of hydrogen-bond acceptors (Lipinski definition) is 6. The smallest absolute Gasteiger partial charge is 0.256 e. The van der Waals surface area contributed by atoms with Crippen LogP contribution in [0.3, 0.4) is 0 Å². The first-order chi connectivity index (χ1) is 15.5. The van der Waals surface area contributed by atoms with E-state index < -0.39 is 0 Å². The second-order valence-corrected chi connectivity index (χ2v) is 7.60. The average molecular weight is 453 g/mol. The molecule has 166 valence electrons. The fourth-order valence-corrected chi connectivity index (χ4v) is 3.76. The van der Waals surface area contributed by atoms with Crippen LogP contribution in [-0.2, 0) is 4.79 Å². The van der Waals surface area contributed by atoms with E-state index in [9.17, 15) is 9.59 Å². The number of hydrogen-bond donors (Lipinski definition) is 2. The number of ether oxygens (including phenoxy) is 3. The maximum atomic E-state index is 12.8. The maximum absolute atomic E-state index is 12.8. The van der Waals surface area contributed by atoms with E-state index in [-0.39, 0.29) is 17.6 Å². The Balaban J connectivity index is 1.63. The fraction of sp³-hybridized carbons (Fsp3) is 0.167. The fourth-order valence-electron chi connectivity index (χ4n) is 2.91. The Morgan fingerprint density at radius 2 is 1.47 bits per heavy atom. The van der Waals surface area contributed by atoms with Crippen LogP contribution in [0.25, 0.3) is 0 Å². The molecule has 0 bridgehead atoms. The van der Waals surface area contributed by atoms with Crippen LogP contribution in [0.4, 0.5) is 11.4 Å². The molecule has 32 heavy (non-hydrogen) atoms. The van der Waals surface area contributed by atoms with Crippen molar-refractivity contribution in [3.05, 3.63) is 72.3 Å². The maximum Gasteiger partial charge on any atom is 0.256 e. The quantitative estimate of drug-likeness (QED) is 0.458. The number of thioether (sulfide) groups is 1. The van der Waals surface area contributed by atoms with Crippen LogP contribution < -0.4 is 24.8 Å². The van der Waals surface area contributed by atoms with Crippen molar-refractivity contribution in [1.82, 2.24) is 0 Å². The molecule has 0 aliphatic carbocycles. The standard InChI is InChI=1S/C24H24N2O5S/c1-29-18-11-8-16(9-12-18)26-24(28)19-6-4-5-7-22(19)32-15-23(27)25-17-10-13-20(30-2)21(14-17)31-3/h4-14H,15H2,1-3H3,(H,25,27)(H,26,28). The minimum atomic E-state index is -0.251. The molecule has 0 saturated heterocycles. The summed E-state index contributed by atoms with van der Waals surface area (Å²) in [6, 6.07) is 19.4. The lowest BCUT2D eigenvalue weighted by Crippen LogP contribution is -2.16. The largest absolute Gasteiger partial charge is 0.497 e. The van der Waals surface area contributed by atoms with Gasteiger partial charge in [0.15, 0.2) is 11.5 Å². The van der Waals surface area contributed by atoms with Gasteiger partial charge in [-0.2, -0.15) is 0 Å². The molecule has 0 fully saturated rings. The summed E-state index contributed by atoms with van der Waals surface area (Å²) in [6.45, 7) is 0. The molecule has 0 saturated carbocycles. The minimum Gasteiger partial charge on any atom is -0.497 e. The van der Waals surface area contributed by atoms with Crippen LogP contribution in [-0.4, -0.2) is 38.9 Å². The van der Waals surface area contributed by atoms with Gasteiger partial charge in [-0.3, -0.25) is 9.59 Å². The molecule has 0 unspecified atom stereocenters. The van der Waals surface area contributed by atoms with Crippen molar-refractivity contribution in [2.24, 2.45) is 0 Å². The van der Waals surface area contributed by atoms with Gasteiger partial charge in [-0.05, 0) is 48.5 Å². The van der Waals surface area contributed by atoms with E-state index in [1.165, 1.54) is 18.9 Å². The normalized spacial score (nSPS) is 10.2. The third-order valence-electron chi connectivity index (χ3n) is 4.51. The zero-order valence-corrected chi connectivity index (χ0v) is 18.8. The zero-order chi connectivity index (χ0) is 22.9. The molecular formula is C24H24N2O5S. The molecule has 0 spiro atoms. The summed E-state index contributed by atoms with van der Waals surface area (Å²) in [5, 5.41) is 5.70. The highest BCUT2D eigenvalue weighted by atomic mass is 32.2. The summed E-state index contributed by atoms with van der Waals surface area (Å²) in [6.07, 6.45) is 0. The van der Waals surface area contributed by atoms with Crippen LogP contribution in [0, 0.1) is 0 Å². The number of carbonyl (C=O) groups is 2. The van der Waals surface area contributed by atoms with Crippen LogP contribution in [0.2, 0.25) is 0 Å². The Hall–Kier alpha value is -3.65. The molecule has 0 aliphatic heterocycles. The Kier molecular flexibility index (Phi) is 7.99. The van der Waals surface area contributed by atoms with Gasteiger partial charge in [0.2, 0.25) is 5.91 Å². The molecular weight excluding hydrogens is 428 g/mol. The van der Waals surface area contributed by atoms with Crippen LogP contribution in [0.1, 0.15) is 10.4 Å². The highest BCUT2D eigenvalue weighted by Crippen LogP contribution is 2.30. The summed E-state index contributed by atoms with van der Waals surface area (Å²) < 4.78 is 15.6. The first kappa shape index (κ1) is 23.0. The first-order valence-corrected chi connectivity index (χ1v) is 10.7. The van der Waals surface area contributed by atoms with Crippen molar-refractivity contribution < 1.29 is 23.8 Å². The predicted molar refractivity (Wildman–Crippen MR) is 126 cm³/mol. The molecule has 2 N–H and O–H groups in total. The van der Waals surface area contributed by atoms with Crippen molar-refractivity contribution in [2.45, 2.75) is 4.90 Å². The molecule has 0 radical (unpaired) electrons. The lowest BCUT2D eigenvalue weighted by atomic mass is 10.2. The Bertz CT molecular complexity index is 1090. The Morgan fingerprint density at radius 3 is 2.16 bits per heavy atom. The first-order valence-electron chi connectivity index (χ1n) is 9.73. The van der Waals surface area contributed by atoms with Crippen LogP contribution in [0.5, 0.6) is 17.2 Å². The van der Waals surface area contributed by atoms with E-state index in [1.807, 2.05) is 12.1 Å². The lowest BCUT2D eigenvalue weighted by molar-refractivity contribution is -0.113. The molecule has 0 atom stereocenters. The topological polar surface area (TPSA) is 85.9 Å². The van der Waals surface area contributed by atoms with Crippen molar-refractivity contribution >= 4 is 35.0 Å². The summed E-state index contributed by atoms with van der Waals surface area (Å²) in [4.78, 5) is 25.9. The highest BCUT2D eigenvalue weighted by molar-refractivity contribution is 8.00. The molecule has 8 heteroatoms. The molecule has 0 aliphatic rings. The lowest BCUT2D eigenvalue weighted by Gasteiger charge is -2.12. The van der Waals surface area contributed by atoms with Crippen molar-refractivity contribution in [2.75, 3.05) is 37.7 Å². The average Bonchev–Trinajstić information content (AvgIpc) is 2.83. The van der Waals surface area contributed by atoms with Gasteiger partial charge in [0.05, 0.1) is 32.6 Å². The van der Waals surface area contributed by atoms with Crippen molar-refractivity contribution in [3.63, 3.8) is 0 Å². The van der Waals surface area contributed by atoms with Gasteiger partial charge in [-0.15, -0.1) is 11.8 Å². The molecule has 0 aromatic heterocycles. The number of rotatable bonds is 9. The SMILES string of the molecule is COc1ccc(NC(=O)c2ccccc2SCC(=O)Nc2ccc(OC)c(OC)c2)cc1. The van der Waals surface area contributed by atoms with E-state index in [0.29, 0.717) is 39.1 Å². The van der Waals surface area contributed by atoms with E-state index >= 15 is 0 Å². The number of anilines is 2. The summed E-state index contributed by atoms with van der Waals surface area (Å²) in [5.41, 5.74) is 1.74. The second kappa shape index (κ2) is 11.1. The molecule has 3 aromatic rings. The van der Waals surface area contributed by atoms with E-state index in [4.69, 9.17) is 14.2 Å². The van der Waals surface area contributed by atoms with Crippen molar-refractivity contribution in [3.8, 4) is 17.2 Å². The van der Waals surface area contributed by atoms with Gasteiger partial charge in [0.25, 0.3) is 5.91 Å². The van der Waals surface area contributed by atoms with E-state index in [0.717, 1.165) is 0 Å². The molecule has 7 nitrogen and oxygen atoms in total. The molecule has 3 aromatic carbocycles. The number of nitrogens with one attached hydrogen (secondary N) is 2. The molecule has 3 rings (SSSR count). The van der Waals surface area contributed by atoms with Gasteiger partial charge in [0.1, 0.15) is 5.75 Å². The molecule has 2 amide bonds.